The van der Waals surface area contributed by atoms with Crippen molar-refractivity contribution < 1.29 is 29.0 Å². The Morgan fingerprint density at radius 1 is 0.896 bits per heavy atom. The first-order chi connectivity index (χ1) is 23.3. The third kappa shape index (κ3) is 19.9. The molecule has 0 saturated carbocycles. The smallest absolute Gasteiger partial charge is 0.330 e. The summed E-state index contributed by atoms with van der Waals surface area (Å²) in [6, 6.07) is 12.6. The van der Waals surface area contributed by atoms with Crippen molar-refractivity contribution in [3.05, 3.63) is 101 Å². The van der Waals surface area contributed by atoms with Crippen LogP contribution in [-0.4, -0.2) is 58.0 Å². The lowest BCUT2D eigenvalue weighted by molar-refractivity contribution is -0.138. The van der Waals surface area contributed by atoms with E-state index in [0.29, 0.717) is 0 Å². The first-order valence-electron chi connectivity index (χ1n) is 16.2. The zero-order chi connectivity index (χ0) is 37.9. The molecule has 8 nitrogen and oxygen atoms in total. The quantitative estimate of drug-likeness (QED) is 0.166. The minimum atomic E-state index is -0.433. The highest BCUT2D eigenvalue weighted by molar-refractivity contribution is 5.87. The summed E-state index contributed by atoms with van der Waals surface area (Å²) in [5.74, 6) is 1.31. The predicted octanol–water partition coefficient (Wildman–Crippen LogP) is 7.07. The molecule has 3 N–H and O–H groups in total. The molecule has 0 fully saturated rings. The van der Waals surface area contributed by atoms with E-state index in [1.807, 2.05) is 45.6 Å². The lowest BCUT2D eigenvalue weighted by Gasteiger charge is -2.26. The molecular weight excluding hydrogens is 604 g/mol. The molecule has 0 aromatic heterocycles. The van der Waals surface area contributed by atoms with E-state index >= 15 is 0 Å². The van der Waals surface area contributed by atoms with Gasteiger partial charge in [0.15, 0.2) is 0 Å². The molecule has 268 valence electrons. The van der Waals surface area contributed by atoms with E-state index in [0.717, 1.165) is 46.2 Å². The van der Waals surface area contributed by atoms with Gasteiger partial charge in [0.25, 0.3) is 0 Å². The van der Waals surface area contributed by atoms with E-state index in [2.05, 4.69) is 100 Å². The number of aliphatic hydroxyl groups excluding tert-OH is 1. The summed E-state index contributed by atoms with van der Waals surface area (Å²) in [6.45, 7) is 30.6. The number of nitrogens with zero attached hydrogens (tertiary/aromatic N) is 1. The van der Waals surface area contributed by atoms with Gasteiger partial charge in [-0.15, -0.1) is 0 Å². The molecule has 2 aromatic carbocycles. The summed E-state index contributed by atoms with van der Waals surface area (Å²) >= 11 is 0. The molecule has 0 atom stereocenters. The molecule has 48 heavy (non-hydrogen) atoms. The van der Waals surface area contributed by atoms with Crippen LogP contribution in [0.1, 0.15) is 73.8 Å². The van der Waals surface area contributed by atoms with Crippen LogP contribution < -0.4 is 25.8 Å². The maximum Gasteiger partial charge on any atom is 0.330 e. The summed E-state index contributed by atoms with van der Waals surface area (Å²) < 4.78 is 10.8. The minimum Gasteiger partial charge on any atom is -0.460 e. The second kappa shape index (κ2) is 35.3. The topological polar surface area (TPSA) is 119 Å². The van der Waals surface area contributed by atoms with E-state index in [1.54, 1.807) is 18.2 Å². The van der Waals surface area contributed by atoms with E-state index in [1.165, 1.54) is 37.2 Å². The molecule has 1 aliphatic heterocycles. The van der Waals surface area contributed by atoms with Crippen molar-refractivity contribution in [1.29, 1.82) is 0 Å². The molecule has 0 spiro atoms. The molecule has 0 amide bonds. The Balaban J connectivity index is -0.000000352. The van der Waals surface area contributed by atoms with E-state index < -0.39 is 5.97 Å². The first kappa shape index (κ1) is 50.3. The molecule has 0 saturated heterocycles. The van der Waals surface area contributed by atoms with Crippen LogP contribution in [0.3, 0.4) is 0 Å². The Morgan fingerprint density at radius 2 is 1.46 bits per heavy atom. The van der Waals surface area contributed by atoms with E-state index in [9.17, 15) is 4.79 Å². The number of rotatable bonds is 9. The maximum atomic E-state index is 10.6. The zero-order valence-corrected chi connectivity index (χ0v) is 31.0. The number of hydrogen-bond donors (Lipinski definition) is 2. The average molecular weight is 667 g/mol. The normalized spacial score (nSPS) is 10.3. The Kier molecular flexibility index (Phi) is 37.0. The number of carbonyl (C=O) groups excluding carboxylic acids is 3. The summed E-state index contributed by atoms with van der Waals surface area (Å²) in [4.78, 5) is 28.9. The zero-order valence-electron chi connectivity index (χ0n) is 31.0. The molecule has 0 radical (unpaired) electrons. The highest BCUT2D eigenvalue weighted by Crippen LogP contribution is 2.38. The van der Waals surface area contributed by atoms with Gasteiger partial charge in [-0.1, -0.05) is 96.2 Å². The molecule has 1 heterocycles. The largest absolute Gasteiger partial charge is 0.460 e. The van der Waals surface area contributed by atoms with Crippen LogP contribution >= 0.6 is 0 Å². The summed E-state index contributed by atoms with van der Waals surface area (Å²) in [5, 5.41) is 10.3. The molecule has 8 heteroatoms. The highest BCUT2D eigenvalue weighted by Gasteiger charge is 2.21. The van der Waals surface area contributed by atoms with Crippen LogP contribution in [0.25, 0.3) is 12.2 Å². The fraction of sp³-hybridized carbons (Fsp3) is 0.375. The van der Waals surface area contributed by atoms with Gasteiger partial charge in [0.1, 0.15) is 31.7 Å². The van der Waals surface area contributed by atoms with Gasteiger partial charge < -0.3 is 34.8 Å². The van der Waals surface area contributed by atoms with Gasteiger partial charge in [-0.25, -0.2) is 4.79 Å². The lowest BCUT2D eigenvalue weighted by atomic mass is 9.92. The van der Waals surface area contributed by atoms with Gasteiger partial charge >= 0.3 is 5.97 Å². The number of ether oxygens (including phenoxy) is 2. The highest BCUT2D eigenvalue weighted by atomic mass is 16.5. The number of esters is 1. The number of fused-ring (bicyclic) bond motifs is 2. The SMILES string of the molecule is C/C=C\C=C\C(=O)OCCO.C=C/C(=C\C)C1=c2ccc(=C)cc2Oc2cc(N(CC)CC)ccc21.C=O.C=O.CCC.CCC.CN. The van der Waals surface area contributed by atoms with Gasteiger partial charge in [-0.05, 0) is 63.7 Å². The number of allylic oxidation sites excluding steroid dienone is 6. The second-order valence-corrected chi connectivity index (χ2v) is 9.30. The van der Waals surface area contributed by atoms with Crippen molar-refractivity contribution in [1.82, 2.24) is 0 Å². The van der Waals surface area contributed by atoms with Crippen molar-refractivity contribution in [2.45, 2.75) is 68.2 Å². The fourth-order valence-electron chi connectivity index (χ4n) is 3.82. The van der Waals surface area contributed by atoms with Crippen LogP contribution in [0, 0.1) is 0 Å². The second-order valence-electron chi connectivity index (χ2n) is 9.30. The first-order valence-corrected chi connectivity index (χ1v) is 16.2. The van der Waals surface area contributed by atoms with Crippen LogP contribution in [-0.2, 0) is 19.1 Å². The average Bonchev–Trinajstić information content (AvgIpc) is 3.11. The Morgan fingerprint density at radius 3 is 1.92 bits per heavy atom. The van der Waals surface area contributed by atoms with Gasteiger partial charge in [-0.2, -0.15) is 0 Å². The number of carbonyl (C=O) groups is 3. The number of aliphatic hydroxyl groups is 1. The summed E-state index contributed by atoms with van der Waals surface area (Å²) in [6.07, 6.45) is 12.9. The monoisotopic (exact) mass is 666 g/mol. The summed E-state index contributed by atoms with van der Waals surface area (Å²) in [5.41, 5.74) is 9.06. The number of anilines is 1. The summed E-state index contributed by atoms with van der Waals surface area (Å²) in [7, 11) is 1.50. The van der Waals surface area contributed by atoms with Gasteiger partial charge in [-0.3, -0.25) is 0 Å². The lowest BCUT2D eigenvalue weighted by Crippen LogP contribution is -2.23. The molecular formula is C40H62N2O6. The minimum absolute atomic E-state index is 0.0546. The van der Waals surface area contributed by atoms with Crippen LogP contribution in [0.5, 0.6) is 11.5 Å². The van der Waals surface area contributed by atoms with Gasteiger partial charge in [0, 0.05) is 47.3 Å². The molecule has 0 aliphatic carbocycles. The van der Waals surface area contributed by atoms with Crippen molar-refractivity contribution >= 4 is 37.4 Å². The molecule has 3 rings (SSSR count). The van der Waals surface area contributed by atoms with Gasteiger partial charge in [0.05, 0.1) is 6.61 Å². The third-order valence-corrected chi connectivity index (χ3v) is 5.59. The van der Waals surface area contributed by atoms with Gasteiger partial charge in [0.2, 0.25) is 0 Å². The Labute approximate surface area is 290 Å². The maximum absolute atomic E-state index is 10.6. The molecule has 2 aromatic rings. The third-order valence-electron chi connectivity index (χ3n) is 5.59. The number of hydrogen-bond acceptors (Lipinski definition) is 8. The van der Waals surface area contributed by atoms with Crippen molar-refractivity contribution in [2.24, 2.45) is 5.73 Å². The molecule has 1 aliphatic rings. The standard InChI is InChI=1S/C23H25NO.C8H12O3.2C3H8.CH5N.2CH2O/c1-6-17(7-2)23-19-12-10-16(5)14-21(19)25-22-15-18(11-13-20(22)23)24(8-3)9-4;1-2-3-4-5-8(10)11-7-6-9;2*1-3-2;3*1-2/h6-7,10-15H,1,5,8-9H2,2-4H3;2-5,9H,6-7H2,1H3;2*3H2,1-2H3;2H2,1H3;2*1H2/b17-7+;3-2-,5-4+;;;;;. The van der Waals surface area contributed by atoms with Crippen LogP contribution in [0.4, 0.5) is 5.69 Å². The van der Waals surface area contributed by atoms with E-state index in [-0.39, 0.29) is 13.2 Å². The van der Waals surface area contributed by atoms with Crippen molar-refractivity contribution in [2.75, 3.05) is 38.3 Å². The molecule has 0 unspecified atom stereocenters. The van der Waals surface area contributed by atoms with Crippen molar-refractivity contribution in [3.63, 3.8) is 0 Å². The fourth-order valence-corrected chi connectivity index (χ4v) is 3.82. The number of benzene rings is 2. The Bertz CT molecular complexity index is 1320. The number of nitrogens with two attached hydrogens (primary N) is 1. The van der Waals surface area contributed by atoms with E-state index in [4.69, 9.17) is 19.4 Å². The van der Waals surface area contributed by atoms with Crippen molar-refractivity contribution in [3.8, 4) is 11.5 Å². The van der Waals surface area contributed by atoms with Crippen LogP contribution in [0.15, 0.2) is 85.0 Å². The predicted molar refractivity (Wildman–Crippen MR) is 206 cm³/mol. The van der Waals surface area contributed by atoms with Crippen LogP contribution in [0.2, 0.25) is 0 Å². The molecule has 0 bridgehead atoms. The Hall–Kier alpha value is -4.53.